The maximum Gasteiger partial charge on any atom is 0.226 e. The molecule has 0 unspecified atom stereocenters. The van der Waals surface area contributed by atoms with E-state index in [1.54, 1.807) is 18.3 Å². The van der Waals surface area contributed by atoms with Crippen molar-refractivity contribution in [2.75, 3.05) is 7.11 Å². The second-order valence-corrected chi connectivity index (χ2v) is 6.81. The zero-order chi connectivity index (χ0) is 18.6. The lowest BCUT2D eigenvalue weighted by Crippen LogP contribution is -2.38. The monoisotopic (exact) mass is 366 g/mol. The summed E-state index contributed by atoms with van der Waals surface area (Å²) >= 11 is 0. The van der Waals surface area contributed by atoms with Gasteiger partial charge in [0.1, 0.15) is 17.2 Å². The van der Waals surface area contributed by atoms with Crippen LogP contribution in [0.2, 0.25) is 0 Å². The Balaban J connectivity index is 1.50. The summed E-state index contributed by atoms with van der Waals surface area (Å²) in [6.45, 7) is 0.836. The van der Waals surface area contributed by atoms with Gasteiger partial charge in [-0.15, -0.1) is 0 Å². The first kappa shape index (κ1) is 17.4. The van der Waals surface area contributed by atoms with Gasteiger partial charge >= 0.3 is 0 Å². The molecule has 2 aromatic heterocycles. The van der Waals surface area contributed by atoms with E-state index in [-0.39, 0.29) is 11.8 Å². The first-order chi connectivity index (χ1) is 13.2. The second-order valence-electron chi connectivity index (χ2n) is 6.81. The normalized spacial score (nSPS) is 14.0. The van der Waals surface area contributed by atoms with E-state index >= 15 is 0 Å². The van der Waals surface area contributed by atoms with Crippen LogP contribution in [-0.2, 0) is 17.9 Å². The molecular formula is C21H22N2O4. The van der Waals surface area contributed by atoms with Gasteiger partial charge in [-0.05, 0) is 49.2 Å². The molecule has 6 heteroatoms. The van der Waals surface area contributed by atoms with E-state index in [1.807, 2.05) is 42.5 Å². The molecule has 0 spiro atoms. The number of ether oxygens (including phenoxy) is 1. The van der Waals surface area contributed by atoms with Gasteiger partial charge in [0.15, 0.2) is 5.76 Å². The number of benzene rings is 1. The van der Waals surface area contributed by atoms with Crippen molar-refractivity contribution in [2.24, 2.45) is 5.92 Å². The van der Waals surface area contributed by atoms with Crippen molar-refractivity contribution >= 4 is 5.91 Å². The summed E-state index contributed by atoms with van der Waals surface area (Å²) in [5.74, 6) is 2.50. The third kappa shape index (κ3) is 3.89. The van der Waals surface area contributed by atoms with E-state index in [4.69, 9.17) is 13.7 Å². The van der Waals surface area contributed by atoms with Crippen LogP contribution in [0.15, 0.2) is 57.7 Å². The maximum absolute atomic E-state index is 12.8. The maximum atomic E-state index is 12.8. The van der Waals surface area contributed by atoms with Gasteiger partial charge in [0.05, 0.1) is 26.5 Å². The lowest BCUT2D eigenvalue weighted by Gasteiger charge is -2.30. The zero-order valence-electron chi connectivity index (χ0n) is 15.3. The molecule has 1 saturated carbocycles. The van der Waals surface area contributed by atoms with Gasteiger partial charge in [0.2, 0.25) is 5.91 Å². The van der Waals surface area contributed by atoms with Gasteiger partial charge in [-0.25, -0.2) is 0 Å². The highest BCUT2D eigenvalue weighted by molar-refractivity contribution is 5.79. The molecule has 4 rings (SSSR count). The molecule has 1 aliphatic carbocycles. The number of carbonyl (C=O) groups excluding carboxylic acids is 1. The number of amides is 1. The molecule has 2 heterocycles. The molecule has 0 radical (unpaired) electrons. The third-order valence-electron chi connectivity index (χ3n) is 4.98. The summed E-state index contributed by atoms with van der Waals surface area (Å²) < 4.78 is 16.1. The van der Waals surface area contributed by atoms with Crippen molar-refractivity contribution in [1.82, 2.24) is 10.1 Å². The molecule has 1 amide bonds. The van der Waals surface area contributed by atoms with Gasteiger partial charge in [-0.1, -0.05) is 11.6 Å². The number of rotatable bonds is 7. The highest BCUT2D eigenvalue weighted by atomic mass is 16.5. The molecule has 1 fully saturated rings. The van der Waals surface area contributed by atoms with Gasteiger partial charge in [-0.3, -0.25) is 4.79 Å². The average molecular weight is 366 g/mol. The summed E-state index contributed by atoms with van der Waals surface area (Å²) in [5, 5.41) is 4.16. The fourth-order valence-corrected chi connectivity index (χ4v) is 3.19. The van der Waals surface area contributed by atoms with Crippen molar-refractivity contribution in [1.29, 1.82) is 0 Å². The minimum absolute atomic E-state index is 0.118. The molecule has 0 bridgehead atoms. The second kappa shape index (κ2) is 7.70. The third-order valence-corrected chi connectivity index (χ3v) is 4.98. The largest absolute Gasteiger partial charge is 0.497 e. The summed E-state index contributed by atoms with van der Waals surface area (Å²) in [7, 11) is 1.63. The molecule has 1 aliphatic rings. The van der Waals surface area contributed by atoms with Crippen molar-refractivity contribution in [3.05, 3.63) is 60.2 Å². The lowest BCUT2D eigenvalue weighted by molar-refractivity contribution is -0.139. The van der Waals surface area contributed by atoms with E-state index in [1.165, 1.54) is 0 Å². The standard InChI is InChI=1S/C21H22N2O4/c1-25-18-9-7-15(8-10-18)20-12-17(22-27-20)13-23(14-19-6-3-11-26-19)21(24)16-4-2-5-16/h3,6-12,16H,2,4-5,13-14H2,1H3. The molecule has 140 valence electrons. The van der Waals surface area contributed by atoms with Crippen molar-refractivity contribution in [3.63, 3.8) is 0 Å². The SMILES string of the molecule is COc1ccc(-c2cc(CN(Cc3ccco3)C(=O)C3CCC3)no2)cc1. The minimum atomic E-state index is 0.118. The number of furan rings is 1. The van der Waals surface area contributed by atoms with Gasteiger partial charge in [0, 0.05) is 17.5 Å². The molecule has 0 atom stereocenters. The summed E-state index contributed by atoms with van der Waals surface area (Å²) in [5.41, 5.74) is 1.64. The van der Waals surface area contributed by atoms with Crippen molar-refractivity contribution in [3.8, 4) is 17.1 Å². The molecular weight excluding hydrogens is 344 g/mol. The zero-order valence-corrected chi connectivity index (χ0v) is 15.3. The molecule has 27 heavy (non-hydrogen) atoms. The predicted molar refractivity (Wildman–Crippen MR) is 98.8 cm³/mol. The Bertz CT molecular complexity index is 879. The fourth-order valence-electron chi connectivity index (χ4n) is 3.19. The Morgan fingerprint density at radius 1 is 1.22 bits per heavy atom. The van der Waals surface area contributed by atoms with Crippen molar-refractivity contribution in [2.45, 2.75) is 32.4 Å². The van der Waals surface area contributed by atoms with Crippen LogP contribution in [0.3, 0.4) is 0 Å². The van der Waals surface area contributed by atoms with Crippen LogP contribution < -0.4 is 4.74 Å². The predicted octanol–water partition coefficient (Wildman–Crippen LogP) is 4.27. The van der Waals surface area contributed by atoms with E-state index in [9.17, 15) is 4.79 Å². The number of aromatic nitrogens is 1. The summed E-state index contributed by atoms with van der Waals surface area (Å²) in [6, 6.07) is 13.2. The Labute approximate surface area is 157 Å². The molecule has 0 N–H and O–H groups in total. The number of hydrogen-bond acceptors (Lipinski definition) is 5. The number of carbonyl (C=O) groups is 1. The molecule has 1 aromatic carbocycles. The van der Waals surface area contributed by atoms with Crippen LogP contribution in [0.5, 0.6) is 5.75 Å². The highest BCUT2D eigenvalue weighted by Gasteiger charge is 2.30. The van der Waals surface area contributed by atoms with Crippen LogP contribution in [0.4, 0.5) is 0 Å². The topological polar surface area (TPSA) is 68.7 Å². The van der Waals surface area contributed by atoms with Gasteiger partial charge in [0.25, 0.3) is 0 Å². The van der Waals surface area contributed by atoms with Crippen LogP contribution in [0.1, 0.15) is 30.7 Å². The lowest BCUT2D eigenvalue weighted by atomic mass is 9.84. The first-order valence-electron chi connectivity index (χ1n) is 9.14. The van der Waals surface area contributed by atoms with E-state index in [2.05, 4.69) is 5.16 Å². The first-order valence-corrected chi connectivity index (χ1v) is 9.14. The van der Waals surface area contributed by atoms with Crippen LogP contribution >= 0.6 is 0 Å². The van der Waals surface area contributed by atoms with Crippen LogP contribution in [0.25, 0.3) is 11.3 Å². The van der Waals surface area contributed by atoms with Crippen LogP contribution in [0, 0.1) is 5.92 Å². The number of methoxy groups -OCH3 is 1. The minimum Gasteiger partial charge on any atom is -0.497 e. The van der Waals surface area contributed by atoms with Crippen LogP contribution in [-0.4, -0.2) is 23.1 Å². The molecule has 6 nitrogen and oxygen atoms in total. The summed E-state index contributed by atoms with van der Waals surface area (Å²) in [6.07, 6.45) is 4.67. The smallest absolute Gasteiger partial charge is 0.226 e. The van der Waals surface area contributed by atoms with Crippen molar-refractivity contribution < 1.29 is 18.5 Å². The fraction of sp³-hybridized carbons (Fsp3) is 0.333. The average Bonchev–Trinajstić information content (AvgIpc) is 3.32. The Hall–Kier alpha value is -3.02. The Morgan fingerprint density at radius 2 is 2.04 bits per heavy atom. The quantitative estimate of drug-likeness (QED) is 0.624. The number of hydrogen-bond donors (Lipinski definition) is 0. The van der Waals surface area contributed by atoms with E-state index in [0.717, 1.165) is 42.0 Å². The van der Waals surface area contributed by atoms with Gasteiger partial charge < -0.3 is 18.6 Å². The Kier molecular flexibility index (Phi) is 4.96. The van der Waals surface area contributed by atoms with E-state index < -0.39 is 0 Å². The summed E-state index contributed by atoms with van der Waals surface area (Å²) in [4.78, 5) is 14.6. The molecule has 0 aliphatic heterocycles. The van der Waals surface area contributed by atoms with E-state index in [0.29, 0.717) is 18.8 Å². The molecule has 3 aromatic rings. The number of nitrogens with zero attached hydrogens (tertiary/aromatic N) is 2. The van der Waals surface area contributed by atoms with Gasteiger partial charge in [-0.2, -0.15) is 0 Å². The molecule has 0 saturated heterocycles. The highest BCUT2D eigenvalue weighted by Crippen LogP contribution is 2.30. The Morgan fingerprint density at radius 3 is 2.67 bits per heavy atom.